The summed E-state index contributed by atoms with van der Waals surface area (Å²) < 4.78 is 32.7. The number of aromatic nitrogens is 1. The maximum atomic E-state index is 13.0. The van der Waals surface area contributed by atoms with E-state index in [1.165, 1.54) is 0 Å². The van der Waals surface area contributed by atoms with Gasteiger partial charge in [0, 0.05) is 24.1 Å². The van der Waals surface area contributed by atoms with Crippen LogP contribution in [0.3, 0.4) is 0 Å². The molecule has 0 radical (unpaired) electrons. The molecule has 1 aromatic heterocycles. The predicted molar refractivity (Wildman–Crippen MR) is 101 cm³/mol. The highest BCUT2D eigenvalue weighted by atomic mass is 79.9. The highest BCUT2D eigenvalue weighted by Gasteiger charge is 2.29. The summed E-state index contributed by atoms with van der Waals surface area (Å²) in [7, 11) is -0.344. The quantitative estimate of drug-likeness (QED) is 0.628. The molecule has 0 atom stereocenters. The maximum absolute atomic E-state index is 13.0. The number of nitrogens with zero attached hydrogens (tertiary/aromatic N) is 2. The van der Waals surface area contributed by atoms with Crippen molar-refractivity contribution in [1.82, 2.24) is 4.98 Å². The molecule has 0 unspecified atom stereocenters. The Morgan fingerprint density at radius 3 is 2.36 bits per heavy atom. The Balaban J connectivity index is 2.16. The van der Waals surface area contributed by atoms with Gasteiger partial charge in [-0.15, -0.1) is 0 Å². The van der Waals surface area contributed by atoms with Crippen LogP contribution in [0.4, 0.5) is 5.88 Å². The van der Waals surface area contributed by atoms with E-state index in [2.05, 4.69) is 20.9 Å². The van der Waals surface area contributed by atoms with Crippen LogP contribution >= 0.6 is 15.9 Å². The van der Waals surface area contributed by atoms with Gasteiger partial charge in [0.05, 0.1) is 4.90 Å². The summed E-state index contributed by atoms with van der Waals surface area (Å²) in [5, 5.41) is -0.0867. The fourth-order valence-corrected chi connectivity index (χ4v) is 4.10. The van der Waals surface area contributed by atoms with Crippen LogP contribution in [0, 0.1) is 6.92 Å². The summed E-state index contributed by atoms with van der Waals surface area (Å²) in [5.41, 5.74) is 1.68. The Morgan fingerprint density at radius 2 is 1.76 bits per heavy atom. The van der Waals surface area contributed by atoms with E-state index in [1.54, 1.807) is 43.3 Å². The molecule has 1 heterocycles. The number of aryl methyl sites for hydroxylation is 1. The first-order valence-corrected chi connectivity index (χ1v) is 9.82. The number of anilines is 1. The number of benzene rings is 2. The summed E-state index contributed by atoms with van der Waals surface area (Å²) >= 11 is 3.40. The normalized spacial score (nSPS) is 11.5. The van der Waals surface area contributed by atoms with Crippen LogP contribution in [0.2, 0.25) is 0 Å². The van der Waals surface area contributed by atoms with E-state index >= 15 is 0 Å². The highest BCUT2D eigenvalue weighted by Crippen LogP contribution is 2.34. The molecule has 0 N–H and O–H groups in total. The zero-order valence-corrected chi connectivity index (χ0v) is 16.4. The van der Waals surface area contributed by atoms with Gasteiger partial charge in [0.2, 0.25) is 26.6 Å². The van der Waals surface area contributed by atoms with Gasteiger partial charge in [-0.3, -0.25) is 0 Å². The molecule has 0 saturated carbocycles. The standard InChI is InChI=1S/C18H17BrN2O3S/c1-12-7-9-15(10-8-12)25(22,23)17-18(21(2)3)24-16(20-17)13-5-4-6-14(19)11-13/h4-11H,1-3H3. The van der Waals surface area contributed by atoms with Gasteiger partial charge in [-0.1, -0.05) is 39.7 Å². The highest BCUT2D eigenvalue weighted by molar-refractivity contribution is 9.10. The molecule has 5 nitrogen and oxygen atoms in total. The molecule has 0 amide bonds. The first-order chi connectivity index (χ1) is 11.8. The lowest BCUT2D eigenvalue weighted by molar-refractivity contribution is 0.564. The zero-order chi connectivity index (χ0) is 18.2. The van der Waals surface area contributed by atoms with Gasteiger partial charge in [0.15, 0.2) is 0 Å². The second kappa shape index (κ2) is 6.65. The lowest BCUT2D eigenvalue weighted by Gasteiger charge is -2.10. The topological polar surface area (TPSA) is 63.4 Å². The first-order valence-electron chi connectivity index (χ1n) is 7.55. The van der Waals surface area contributed by atoms with Crippen molar-refractivity contribution in [2.24, 2.45) is 0 Å². The third kappa shape index (κ3) is 3.48. The van der Waals surface area contributed by atoms with E-state index in [9.17, 15) is 8.42 Å². The average Bonchev–Trinajstić information content (AvgIpc) is 3.02. The summed E-state index contributed by atoms with van der Waals surface area (Å²) in [6.07, 6.45) is 0. The molecular weight excluding hydrogens is 404 g/mol. The van der Waals surface area contributed by atoms with E-state index in [4.69, 9.17) is 4.42 Å². The van der Waals surface area contributed by atoms with Crippen LogP contribution < -0.4 is 4.90 Å². The summed E-state index contributed by atoms with van der Waals surface area (Å²) in [5.74, 6) is 0.464. The van der Waals surface area contributed by atoms with Crippen molar-refractivity contribution in [3.63, 3.8) is 0 Å². The van der Waals surface area contributed by atoms with E-state index in [0.717, 1.165) is 10.0 Å². The van der Waals surface area contributed by atoms with E-state index in [1.807, 2.05) is 31.2 Å². The van der Waals surface area contributed by atoms with Crippen molar-refractivity contribution in [1.29, 1.82) is 0 Å². The molecule has 25 heavy (non-hydrogen) atoms. The molecule has 130 valence electrons. The average molecular weight is 421 g/mol. The molecule has 0 fully saturated rings. The zero-order valence-electron chi connectivity index (χ0n) is 14.0. The van der Waals surface area contributed by atoms with Gasteiger partial charge in [0.1, 0.15) is 0 Å². The van der Waals surface area contributed by atoms with Gasteiger partial charge >= 0.3 is 0 Å². The van der Waals surface area contributed by atoms with Crippen molar-refractivity contribution in [3.8, 4) is 11.5 Å². The summed E-state index contributed by atoms with van der Waals surface area (Å²) in [4.78, 5) is 6.09. The molecule has 7 heteroatoms. The summed E-state index contributed by atoms with van der Waals surface area (Å²) in [6.45, 7) is 1.91. The van der Waals surface area contributed by atoms with Crippen molar-refractivity contribution in [2.45, 2.75) is 16.8 Å². The fourth-order valence-electron chi connectivity index (χ4n) is 2.33. The lowest BCUT2D eigenvalue weighted by atomic mass is 10.2. The van der Waals surface area contributed by atoms with Crippen LogP contribution in [0.1, 0.15) is 5.56 Å². The molecule has 0 bridgehead atoms. The number of rotatable bonds is 4. The second-order valence-electron chi connectivity index (χ2n) is 5.85. The maximum Gasteiger partial charge on any atom is 0.235 e. The molecule has 3 rings (SSSR count). The minimum Gasteiger partial charge on any atom is -0.419 e. The Kier molecular flexibility index (Phi) is 4.71. The monoisotopic (exact) mass is 420 g/mol. The molecule has 2 aromatic carbocycles. The van der Waals surface area contributed by atoms with Crippen LogP contribution in [0.15, 0.2) is 67.3 Å². The van der Waals surface area contributed by atoms with Gasteiger partial charge in [-0.25, -0.2) is 8.42 Å². The molecule has 0 aliphatic heterocycles. The smallest absolute Gasteiger partial charge is 0.235 e. The number of oxazole rings is 1. The second-order valence-corrected chi connectivity index (χ2v) is 8.63. The molecule has 3 aromatic rings. The van der Waals surface area contributed by atoms with Crippen LogP contribution in [0.5, 0.6) is 0 Å². The Labute approximate surface area is 155 Å². The number of halogens is 1. The predicted octanol–water partition coefficient (Wildman–Crippen LogP) is 4.31. The Hall–Kier alpha value is -2.12. The Morgan fingerprint density at radius 1 is 1.08 bits per heavy atom. The third-order valence-corrected chi connectivity index (χ3v) is 5.80. The molecule has 0 saturated heterocycles. The third-order valence-electron chi connectivity index (χ3n) is 3.64. The molecule has 0 aliphatic rings. The van der Waals surface area contributed by atoms with Gasteiger partial charge in [0.25, 0.3) is 0 Å². The fraction of sp³-hybridized carbons (Fsp3) is 0.167. The molecule has 0 spiro atoms. The van der Waals surface area contributed by atoms with Crippen molar-refractivity contribution < 1.29 is 12.8 Å². The van der Waals surface area contributed by atoms with Crippen LogP contribution in [-0.4, -0.2) is 27.5 Å². The largest absolute Gasteiger partial charge is 0.419 e. The van der Waals surface area contributed by atoms with Crippen molar-refractivity contribution in [3.05, 3.63) is 58.6 Å². The SMILES string of the molecule is Cc1ccc(S(=O)(=O)c2nc(-c3cccc(Br)c3)oc2N(C)C)cc1. The summed E-state index contributed by atoms with van der Waals surface area (Å²) in [6, 6.07) is 14.0. The lowest BCUT2D eigenvalue weighted by Crippen LogP contribution is -2.13. The van der Waals surface area contributed by atoms with Gasteiger partial charge in [-0.05, 0) is 37.3 Å². The minimum atomic E-state index is -3.79. The van der Waals surface area contributed by atoms with Gasteiger partial charge < -0.3 is 9.32 Å². The van der Waals surface area contributed by atoms with Crippen molar-refractivity contribution in [2.75, 3.05) is 19.0 Å². The van der Waals surface area contributed by atoms with E-state index in [-0.39, 0.29) is 21.7 Å². The van der Waals surface area contributed by atoms with Crippen LogP contribution in [0.25, 0.3) is 11.5 Å². The van der Waals surface area contributed by atoms with Crippen molar-refractivity contribution >= 4 is 31.7 Å². The minimum absolute atomic E-state index is 0.0867. The number of hydrogen-bond donors (Lipinski definition) is 0. The molecule has 0 aliphatic carbocycles. The molecular formula is C18H17BrN2O3S. The van der Waals surface area contributed by atoms with E-state index in [0.29, 0.717) is 5.56 Å². The van der Waals surface area contributed by atoms with E-state index < -0.39 is 9.84 Å². The number of hydrogen-bond acceptors (Lipinski definition) is 5. The Bertz CT molecular complexity index is 1010. The first kappa shape index (κ1) is 17.7. The van der Waals surface area contributed by atoms with Gasteiger partial charge in [-0.2, -0.15) is 4.98 Å². The van der Waals surface area contributed by atoms with Crippen LogP contribution in [-0.2, 0) is 9.84 Å². The number of sulfone groups is 1.